The SMILES string of the molecule is CC(C)c1cccc2cc(N3CCCC3)c(=O)[nH]c12.Cl. The predicted octanol–water partition coefficient (Wildman–Crippen LogP) is 3.67. The van der Waals surface area contributed by atoms with E-state index in [4.69, 9.17) is 0 Å². The van der Waals surface area contributed by atoms with E-state index in [1.165, 1.54) is 18.4 Å². The van der Waals surface area contributed by atoms with Gasteiger partial charge in [0.2, 0.25) is 0 Å². The first kappa shape index (κ1) is 14.9. The molecule has 1 aliphatic rings. The number of benzene rings is 1. The first-order valence-corrected chi connectivity index (χ1v) is 7.07. The van der Waals surface area contributed by atoms with E-state index in [1.807, 2.05) is 6.07 Å². The van der Waals surface area contributed by atoms with Crippen LogP contribution in [0.25, 0.3) is 10.9 Å². The highest BCUT2D eigenvalue weighted by Crippen LogP contribution is 2.25. The van der Waals surface area contributed by atoms with Crippen molar-refractivity contribution in [2.45, 2.75) is 32.6 Å². The molecule has 0 saturated carbocycles. The van der Waals surface area contributed by atoms with Crippen LogP contribution in [0.4, 0.5) is 5.69 Å². The van der Waals surface area contributed by atoms with Gasteiger partial charge in [-0.25, -0.2) is 0 Å². The summed E-state index contributed by atoms with van der Waals surface area (Å²) in [5.74, 6) is 0.414. The highest BCUT2D eigenvalue weighted by Gasteiger charge is 2.16. The maximum Gasteiger partial charge on any atom is 0.271 e. The molecule has 0 unspecified atom stereocenters. The minimum Gasteiger partial charge on any atom is -0.367 e. The molecule has 0 aliphatic carbocycles. The first-order chi connectivity index (χ1) is 9.16. The number of pyridine rings is 1. The standard InChI is InChI=1S/C16H20N2O.ClH/c1-11(2)13-7-5-6-12-10-14(16(19)17-15(12)13)18-8-3-4-9-18;/h5-7,10-11H,3-4,8-9H2,1-2H3,(H,17,19);1H. The number of aromatic amines is 1. The number of rotatable bonds is 2. The third kappa shape index (κ3) is 2.55. The Balaban J connectivity index is 0.00000147. The van der Waals surface area contributed by atoms with Crippen LogP contribution in [0, 0.1) is 0 Å². The molecule has 1 fully saturated rings. The van der Waals surface area contributed by atoms with Crippen molar-refractivity contribution in [3.63, 3.8) is 0 Å². The number of hydrogen-bond acceptors (Lipinski definition) is 2. The van der Waals surface area contributed by atoms with Crippen molar-refractivity contribution in [1.82, 2.24) is 4.98 Å². The molecule has 1 saturated heterocycles. The number of para-hydroxylation sites is 1. The zero-order valence-corrected chi connectivity index (χ0v) is 12.8. The van der Waals surface area contributed by atoms with E-state index in [1.54, 1.807) is 0 Å². The van der Waals surface area contributed by atoms with Crippen LogP contribution in [-0.2, 0) is 0 Å². The molecule has 1 aliphatic heterocycles. The zero-order chi connectivity index (χ0) is 13.4. The lowest BCUT2D eigenvalue weighted by atomic mass is 9.99. The van der Waals surface area contributed by atoms with Crippen LogP contribution < -0.4 is 10.5 Å². The summed E-state index contributed by atoms with van der Waals surface area (Å²) in [5.41, 5.74) is 3.07. The molecule has 0 bridgehead atoms. The van der Waals surface area contributed by atoms with Gasteiger partial charge in [-0.1, -0.05) is 32.0 Å². The van der Waals surface area contributed by atoms with Crippen LogP contribution in [0.1, 0.15) is 38.2 Å². The highest BCUT2D eigenvalue weighted by molar-refractivity contribution is 5.85. The average molecular weight is 293 g/mol. The van der Waals surface area contributed by atoms with Crippen molar-refractivity contribution in [3.8, 4) is 0 Å². The minimum absolute atomic E-state index is 0. The predicted molar refractivity (Wildman–Crippen MR) is 87.4 cm³/mol. The third-order valence-electron chi connectivity index (χ3n) is 3.96. The van der Waals surface area contributed by atoms with E-state index in [0.29, 0.717) is 5.92 Å². The molecule has 1 aromatic heterocycles. The first-order valence-electron chi connectivity index (χ1n) is 7.07. The van der Waals surface area contributed by atoms with Crippen LogP contribution in [0.2, 0.25) is 0 Å². The van der Waals surface area contributed by atoms with Crippen LogP contribution in [0.5, 0.6) is 0 Å². The number of anilines is 1. The molecule has 3 rings (SSSR count). The van der Waals surface area contributed by atoms with E-state index in [0.717, 1.165) is 29.7 Å². The molecule has 1 N–H and O–H groups in total. The van der Waals surface area contributed by atoms with Crippen molar-refractivity contribution < 1.29 is 0 Å². The Morgan fingerprint density at radius 3 is 2.55 bits per heavy atom. The fourth-order valence-corrected chi connectivity index (χ4v) is 2.92. The number of halogens is 1. The van der Waals surface area contributed by atoms with Gasteiger partial charge in [0.1, 0.15) is 5.69 Å². The van der Waals surface area contributed by atoms with E-state index < -0.39 is 0 Å². The normalized spacial score (nSPS) is 14.8. The van der Waals surface area contributed by atoms with Gasteiger partial charge in [-0.15, -0.1) is 12.4 Å². The molecule has 0 amide bonds. The van der Waals surface area contributed by atoms with Gasteiger partial charge >= 0.3 is 0 Å². The molecule has 0 radical (unpaired) electrons. The lowest BCUT2D eigenvalue weighted by Gasteiger charge is -2.18. The van der Waals surface area contributed by atoms with Gasteiger partial charge in [-0.05, 0) is 30.4 Å². The molecule has 108 valence electrons. The maximum absolute atomic E-state index is 12.3. The van der Waals surface area contributed by atoms with Gasteiger partial charge in [-0.2, -0.15) is 0 Å². The molecule has 0 atom stereocenters. The van der Waals surface area contributed by atoms with E-state index in [2.05, 4.69) is 41.9 Å². The van der Waals surface area contributed by atoms with Gasteiger partial charge in [0.05, 0.1) is 5.52 Å². The second kappa shape index (κ2) is 5.88. The van der Waals surface area contributed by atoms with Crippen LogP contribution in [0.3, 0.4) is 0 Å². The van der Waals surface area contributed by atoms with E-state index in [9.17, 15) is 4.79 Å². The number of H-pyrrole nitrogens is 1. The van der Waals surface area contributed by atoms with Crippen LogP contribution >= 0.6 is 12.4 Å². The van der Waals surface area contributed by atoms with Gasteiger partial charge < -0.3 is 9.88 Å². The summed E-state index contributed by atoms with van der Waals surface area (Å²) < 4.78 is 0. The molecule has 0 spiro atoms. The average Bonchev–Trinajstić information content (AvgIpc) is 2.90. The molecule has 20 heavy (non-hydrogen) atoms. The molecule has 4 heteroatoms. The van der Waals surface area contributed by atoms with Crippen molar-refractivity contribution in [2.24, 2.45) is 0 Å². The summed E-state index contributed by atoms with van der Waals surface area (Å²) in [7, 11) is 0. The minimum atomic E-state index is 0. The Kier molecular flexibility index (Phi) is 4.39. The fourth-order valence-electron chi connectivity index (χ4n) is 2.92. The quantitative estimate of drug-likeness (QED) is 0.917. The molecular formula is C16H21ClN2O. The van der Waals surface area contributed by atoms with E-state index >= 15 is 0 Å². The third-order valence-corrected chi connectivity index (χ3v) is 3.96. The molecule has 1 aromatic carbocycles. The Bertz CT molecular complexity index is 657. The second-order valence-electron chi connectivity index (χ2n) is 5.64. The van der Waals surface area contributed by atoms with Crippen molar-refractivity contribution in [3.05, 3.63) is 40.2 Å². The number of nitrogens with one attached hydrogen (secondary N) is 1. The van der Waals surface area contributed by atoms with Crippen molar-refractivity contribution >= 4 is 29.0 Å². The summed E-state index contributed by atoms with van der Waals surface area (Å²) in [6.45, 7) is 6.31. The summed E-state index contributed by atoms with van der Waals surface area (Å²) in [4.78, 5) is 17.6. The van der Waals surface area contributed by atoms with Gasteiger partial charge in [0.25, 0.3) is 5.56 Å². The topological polar surface area (TPSA) is 36.1 Å². The van der Waals surface area contributed by atoms with Crippen LogP contribution in [0.15, 0.2) is 29.1 Å². The molecular weight excluding hydrogens is 272 g/mol. The van der Waals surface area contributed by atoms with Gasteiger partial charge in [0, 0.05) is 18.5 Å². The summed E-state index contributed by atoms with van der Waals surface area (Å²) in [6.07, 6.45) is 2.37. The second-order valence-corrected chi connectivity index (χ2v) is 5.64. The maximum atomic E-state index is 12.3. The fraction of sp³-hybridized carbons (Fsp3) is 0.438. The molecule has 2 aromatic rings. The molecule has 3 nitrogen and oxygen atoms in total. The highest BCUT2D eigenvalue weighted by atomic mass is 35.5. The summed E-state index contributed by atoms with van der Waals surface area (Å²) in [6, 6.07) is 8.30. The van der Waals surface area contributed by atoms with E-state index in [-0.39, 0.29) is 18.0 Å². The Morgan fingerprint density at radius 2 is 1.90 bits per heavy atom. The Morgan fingerprint density at radius 1 is 1.20 bits per heavy atom. The van der Waals surface area contributed by atoms with Crippen molar-refractivity contribution in [2.75, 3.05) is 18.0 Å². The monoisotopic (exact) mass is 292 g/mol. The van der Waals surface area contributed by atoms with Crippen molar-refractivity contribution in [1.29, 1.82) is 0 Å². The lowest BCUT2D eigenvalue weighted by molar-refractivity contribution is 0.871. The Labute approximate surface area is 125 Å². The zero-order valence-electron chi connectivity index (χ0n) is 12.0. The summed E-state index contributed by atoms with van der Waals surface area (Å²) in [5, 5.41) is 1.13. The van der Waals surface area contributed by atoms with Crippen LogP contribution in [-0.4, -0.2) is 18.1 Å². The number of nitrogens with zero attached hydrogens (tertiary/aromatic N) is 1. The van der Waals surface area contributed by atoms with Gasteiger partial charge in [0.15, 0.2) is 0 Å². The number of fused-ring (bicyclic) bond motifs is 1. The summed E-state index contributed by atoms with van der Waals surface area (Å²) >= 11 is 0. The number of hydrogen-bond donors (Lipinski definition) is 1. The largest absolute Gasteiger partial charge is 0.367 e. The van der Waals surface area contributed by atoms with Gasteiger partial charge in [-0.3, -0.25) is 4.79 Å². The number of aromatic nitrogens is 1. The lowest BCUT2D eigenvalue weighted by Crippen LogP contribution is -2.25. The molecule has 2 heterocycles. The Hall–Kier alpha value is -1.48. The smallest absolute Gasteiger partial charge is 0.271 e.